The number of benzene rings is 1. The van der Waals surface area contributed by atoms with Crippen molar-refractivity contribution in [2.45, 2.75) is 20.4 Å². The summed E-state index contributed by atoms with van der Waals surface area (Å²) in [6, 6.07) is 6.80. The Balaban J connectivity index is 1.94. The van der Waals surface area contributed by atoms with E-state index in [2.05, 4.69) is 15.5 Å². The Morgan fingerprint density at radius 3 is 2.59 bits per heavy atom. The lowest BCUT2D eigenvalue weighted by molar-refractivity contribution is 0.259. The number of aromatic nitrogens is 4. The van der Waals surface area contributed by atoms with Gasteiger partial charge in [0.05, 0.1) is 16.7 Å². The Hall–Kier alpha value is -3.49. The van der Waals surface area contributed by atoms with Crippen molar-refractivity contribution in [3.8, 4) is 0 Å². The zero-order chi connectivity index (χ0) is 19.3. The second kappa shape index (κ2) is 6.04. The van der Waals surface area contributed by atoms with E-state index in [9.17, 15) is 13.6 Å². The Morgan fingerprint density at radius 1 is 1.11 bits per heavy atom. The third-order valence-corrected chi connectivity index (χ3v) is 4.49. The SMILES string of the molecule is Cc1cc2c(cc(NC(N)=O)c3nnc(C)n32)n1Cc1ccc(F)c(F)c1. The number of hydrogen-bond acceptors (Lipinski definition) is 3. The normalized spacial score (nSPS) is 11.4. The van der Waals surface area contributed by atoms with E-state index in [1.165, 1.54) is 12.1 Å². The van der Waals surface area contributed by atoms with Gasteiger partial charge in [-0.1, -0.05) is 6.07 Å². The van der Waals surface area contributed by atoms with Crippen molar-refractivity contribution < 1.29 is 13.6 Å². The van der Waals surface area contributed by atoms with Crippen LogP contribution in [0.3, 0.4) is 0 Å². The average Bonchev–Trinajstić information content (AvgIpc) is 3.12. The molecule has 0 saturated carbocycles. The third-order valence-electron chi connectivity index (χ3n) is 4.49. The lowest BCUT2D eigenvalue weighted by Gasteiger charge is -2.11. The van der Waals surface area contributed by atoms with Crippen LogP contribution in [0.25, 0.3) is 16.7 Å². The minimum absolute atomic E-state index is 0.329. The maximum Gasteiger partial charge on any atom is 0.316 e. The van der Waals surface area contributed by atoms with E-state index >= 15 is 0 Å². The van der Waals surface area contributed by atoms with Crippen LogP contribution in [0.5, 0.6) is 0 Å². The molecule has 9 heteroatoms. The average molecular weight is 370 g/mol. The standard InChI is InChI=1S/C18H16F2N6O/c1-9-5-16-15(25(9)8-11-3-4-12(19)13(20)6-11)7-14(22-18(21)27)17-24-23-10(2)26(16)17/h3-7H,8H2,1-2H3,(H3,21,22,27). The smallest absolute Gasteiger partial charge is 0.316 e. The van der Waals surface area contributed by atoms with Crippen molar-refractivity contribution in [1.82, 2.24) is 19.2 Å². The number of carbonyl (C=O) groups is 1. The molecule has 27 heavy (non-hydrogen) atoms. The Labute approximate surface area is 152 Å². The van der Waals surface area contributed by atoms with Gasteiger partial charge >= 0.3 is 6.03 Å². The van der Waals surface area contributed by atoms with Crippen molar-refractivity contribution >= 4 is 28.4 Å². The van der Waals surface area contributed by atoms with E-state index in [4.69, 9.17) is 5.73 Å². The molecule has 0 fully saturated rings. The van der Waals surface area contributed by atoms with Crippen molar-refractivity contribution in [1.29, 1.82) is 0 Å². The summed E-state index contributed by atoms with van der Waals surface area (Å²) in [5.74, 6) is -1.13. The third kappa shape index (κ3) is 2.77. The highest BCUT2D eigenvalue weighted by Gasteiger charge is 2.17. The molecule has 1 aromatic carbocycles. The summed E-state index contributed by atoms with van der Waals surface area (Å²) < 4.78 is 30.6. The Kier molecular flexibility index (Phi) is 3.79. The maximum atomic E-state index is 13.6. The number of halogens is 2. The van der Waals surface area contributed by atoms with Gasteiger partial charge in [-0.25, -0.2) is 13.6 Å². The molecular formula is C18H16F2N6O. The number of anilines is 1. The van der Waals surface area contributed by atoms with Gasteiger partial charge in [-0.3, -0.25) is 4.40 Å². The monoisotopic (exact) mass is 370 g/mol. The number of fused-ring (bicyclic) bond motifs is 3. The molecule has 0 aliphatic rings. The topological polar surface area (TPSA) is 90.2 Å². The molecule has 3 aromatic heterocycles. The molecule has 7 nitrogen and oxygen atoms in total. The highest BCUT2D eigenvalue weighted by molar-refractivity contribution is 5.96. The summed E-state index contributed by atoms with van der Waals surface area (Å²) in [4.78, 5) is 11.4. The second-order valence-corrected chi connectivity index (χ2v) is 6.34. The van der Waals surface area contributed by atoms with E-state index < -0.39 is 17.7 Å². The fourth-order valence-electron chi connectivity index (χ4n) is 3.29. The maximum absolute atomic E-state index is 13.6. The van der Waals surface area contributed by atoms with Gasteiger partial charge in [0.1, 0.15) is 5.82 Å². The van der Waals surface area contributed by atoms with Crippen LogP contribution in [0.4, 0.5) is 19.3 Å². The number of urea groups is 1. The summed E-state index contributed by atoms with van der Waals surface area (Å²) in [7, 11) is 0. The number of carbonyl (C=O) groups excluding carboxylic acids is 1. The molecule has 0 radical (unpaired) electrons. The number of primary amides is 1. The van der Waals surface area contributed by atoms with Crippen LogP contribution in [-0.2, 0) is 6.54 Å². The summed E-state index contributed by atoms with van der Waals surface area (Å²) >= 11 is 0. The first-order valence-electron chi connectivity index (χ1n) is 8.20. The zero-order valence-corrected chi connectivity index (χ0v) is 14.6. The molecule has 138 valence electrons. The molecule has 4 rings (SSSR count). The van der Waals surface area contributed by atoms with Crippen LogP contribution >= 0.6 is 0 Å². The van der Waals surface area contributed by atoms with Gasteiger partial charge in [-0.2, -0.15) is 0 Å². The van der Waals surface area contributed by atoms with E-state index in [0.717, 1.165) is 22.8 Å². The van der Waals surface area contributed by atoms with Crippen LogP contribution in [-0.4, -0.2) is 25.2 Å². The van der Waals surface area contributed by atoms with E-state index in [0.29, 0.717) is 29.3 Å². The summed E-state index contributed by atoms with van der Waals surface area (Å²) in [5.41, 5.74) is 9.29. The molecule has 0 spiro atoms. The van der Waals surface area contributed by atoms with Gasteiger partial charge in [0.25, 0.3) is 0 Å². The predicted octanol–water partition coefficient (Wildman–Crippen LogP) is 3.12. The highest BCUT2D eigenvalue weighted by atomic mass is 19.2. The Morgan fingerprint density at radius 2 is 1.89 bits per heavy atom. The van der Waals surface area contributed by atoms with Crippen LogP contribution in [0.2, 0.25) is 0 Å². The molecule has 0 unspecified atom stereocenters. The molecule has 3 N–H and O–H groups in total. The van der Waals surface area contributed by atoms with Gasteiger partial charge < -0.3 is 15.6 Å². The van der Waals surface area contributed by atoms with Gasteiger partial charge in [0, 0.05) is 12.2 Å². The quantitative estimate of drug-likeness (QED) is 0.581. The molecular weight excluding hydrogens is 354 g/mol. The summed E-state index contributed by atoms with van der Waals surface area (Å²) in [6.07, 6.45) is 0. The number of pyridine rings is 1. The molecule has 4 aromatic rings. The minimum atomic E-state index is -0.894. The minimum Gasteiger partial charge on any atom is -0.351 e. The zero-order valence-electron chi connectivity index (χ0n) is 14.6. The number of nitrogens with two attached hydrogens (primary N) is 1. The van der Waals surface area contributed by atoms with E-state index in [1.54, 1.807) is 13.0 Å². The number of rotatable bonds is 3. The first-order valence-corrected chi connectivity index (χ1v) is 8.20. The van der Waals surface area contributed by atoms with Crippen molar-refractivity contribution in [3.63, 3.8) is 0 Å². The lowest BCUT2D eigenvalue weighted by atomic mass is 10.2. The number of aryl methyl sites for hydroxylation is 2. The first-order chi connectivity index (χ1) is 12.8. The van der Waals surface area contributed by atoms with E-state index in [1.807, 2.05) is 22.0 Å². The second-order valence-electron chi connectivity index (χ2n) is 6.34. The van der Waals surface area contributed by atoms with Gasteiger partial charge in [0.15, 0.2) is 17.3 Å². The molecule has 0 saturated heterocycles. The van der Waals surface area contributed by atoms with Crippen molar-refractivity contribution in [2.24, 2.45) is 5.73 Å². The van der Waals surface area contributed by atoms with Gasteiger partial charge in [-0.05, 0) is 43.7 Å². The molecule has 0 aliphatic carbocycles. The lowest BCUT2D eigenvalue weighted by Crippen LogP contribution is -2.20. The van der Waals surface area contributed by atoms with Crippen LogP contribution in [0.1, 0.15) is 17.1 Å². The van der Waals surface area contributed by atoms with Crippen molar-refractivity contribution in [3.05, 3.63) is 59.0 Å². The molecule has 0 aliphatic heterocycles. The summed E-state index contributed by atoms with van der Waals surface area (Å²) in [6.45, 7) is 4.04. The fraction of sp³-hybridized carbons (Fsp3) is 0.167. The van der Waals surface area contributed by atoms with Crippen LogP contribution in [0, 0.1) is 25.5 Å². The molecule has 3 heterocycles. The van der Waals surface area contributed by atoms with Crippen LogP contribution in [0.15, 0.2) is 30.3 Å². The molecule has 2 amide bonds. The fourth-order valence-corrected chi connectivity index (χ4v) is 3.29. The number of nitrogens with zero attached hydrogens (tertiary/aromatic N) is 4. The van der Waals surface area contributed by atoms with Gasteiger partial charge in [-0.15, -0.1) is 10.2 Å². The van der Waals surface area contributed by atoms with Gasteiger partial charge in [0.2, 0.25) is 0 Å². The van der Waals surface area contributed by atoms with Crippen LogP contribution < -0.4 is 11.1 Å². The number of hydrogen-bond donors (Lipinski definition) is 2. The highest BCUT2D eigenvalue weighted by Crippen LogP contribution is 2.28. The number of nitrogens with one attached hydrogen (secondary N) is 1. The first kappa shape index (κ1) is 17.0. The predicted molar refractivity (Wildman–Crippen MR) is 96.6 cm³/mol. The molecule has 0 atom stereocenters. The Bertz CT molecular complexity index is 1210. The largest absolute Gasteiger partial charge is 0.351 e. The molecule has 0 bridgehead atoms. The number of amides is 2. The summed E-state index contributed by atoms with van der Waals surface area (Å²) in [5, 5.41) is 10.7. The van der Waals surface area contributed by atoms with E-state index in [-0.39, 0.29) is 0 Å². The van der Waals surface area contributed by atoms with Crippen molar-refractivity contribution in [2.75, 3.05) is 5.32 Å².